The fourth-order valence-electron chi connectivity index (χ4n) is 3.55. The number of allylic oxidation sites excluding steroid dienone is 2. The molecule has 1 unspecified atom stereocenters. The normalized spacial score (nSPS) is 18.3. The number of hydrogen-bond donors (Lipinski definition) is 0. The summed E-state index contributed by atoms with van der Waals surface area (Å²) >= 11 is 0. The average molecular weight is 442 g/mol. The monoisotopic (exact) mass is 441 g/mol. The molecule has 0 saturated heterocycles. The molecule has 1 aliphatic rings. The van der Waals surface area contributed by atoms with Crippen molar-refractivity contribution in [3.8, 4) is 0 Å². The fraction of sp³-hybridized carbons (Fsp3) is 0.304. The van der Waals surface area contributed by atoms with E-state index in [0.717, 1.165) is 5.56 Å². The molecular weight excluding hydrogens is 410 g/mol. The van der Waals surface area contributed by atoms with Crippen LogP contribution < -0.4 is 0 Å². The van der Waals surface area contributed by atoms with Gasteiger partial charge in [0.2, 0.25) is 0 Å². The first kappa shape index (κ1) is 21.8. The Bertz CT molecular complexity index is 1030. The van der Waals surface area contributed by atoms with Crippen LogP contribution in [0.1, 0.15) is 11.6 Å². The highest BCUT2D eigenvalue weighted by atomic mass is 32.2. The standard InChI is InChI=1S/C23H31NO2SSi2/c1-28(2,3)21-17-22(29(4,5)6)23(19-13-9-7-10-14-19)24(18-21)27(25,26)20-15-11-8-12-16-20/h7-18,23H,1-6H3. The molecule has 1 aliphatic heterocycles. The zero-order chi connectivity index (χ0) is 21.4. The van der Waals surface area contributed by atoms with E-state index >= 15 is 0 Å². The van der Waals surface area contributed by atoms with E-state index in [1.165, 1.54) is 10.4 Å². The minimum atomic E-state index is -3.69. The van der Waals surface area contributed by atoms with Gasteiger partial charge in [0.1, 0.15) is 0 Å². The Morgan fingerprint density at radius 3 is 1.76 bits per heavy atom. The van der Waals surface area contributed by atoms with Crippen LogP contribution >= 0.6 is 0 Å². The number of benzene rings is 2. The van der Waals surface area contributed by atoms with E-state index in [-0.39, 0.29) is 6.04 Å². The fourth-order valence-corrected chi connectivity index (χ4v) is 8.22. The van der Waals surface area contributed by atoms with Crippen molar-refractivity contribution in [2.75, 3.05) is 0 Å². The van der Waals surface area contributed by atoms with Crippen LogP contribution in [0.25, 0.3) is 0 Å². The minimum absolute atomic E-state index is 0.298. The molecule has 2 aromatic rings. The largest absolute Gasteiger partial charge is 0.264 e. The Labute approximate surface area is 177 Å². The first-order valence-electron chi connectivity index (χ1n) is 10.0. The van der Waals surface area contributed by atoms with Crippen LogP contribution in [0.5, 0.6) is 0 Å². The molecule has 0 spiro atoms. The number of hydrogen-bond acceptors (Lipinski definition) is 2. The molecule has 1 atom stereocenters. The van der Waals surface area contributed by atoms with E-state index in [2.05, 4.69) is 45.4 Å². The lowest BCUT2D eigenvalue weighted by Crippen LogP contribution is -2.43. The van der Waals surface area contributed by atoms with E-state index in [1.54, 1.807) is 28.6 Å². The van der Waals surface area contributed by atoms with Gasteiger partial charge in [0.25, 0.3) is 10.0 Å². The van der Waals surface area contributed by atoms with Gasteiger partial charge >= 0.3 is 0 Å². The second-order valence-electron chi connectivity index (χ2n) is 9.65. The Hall–Kier alpha value is -1.90. The lowest BCUT2D eigenvalue weighted by molar-refractivity contribution is 0.446. The Morgan fingerprint density at radius 2 is 1.28 bits per heavy atom. The average Bonchev–Trinajstić information content (AvgIpc) is 2.67. The third-order valence-corrected chi connectivity index (χ3v) is 11.2. The van der Waals surface area contributed by atoms with Gasteiger partial charge in [-0.1, -0.05) is 99.1 Å². The van der Waals surface area contributed by atoms with E-state index in [1.807, 2.05) is 42.6 Å². The van der Waals surface area contributed by atoms with Crippen LogP contribution in [0.3, 0.4) is 0 Å². The number of sulfonamides is 1. The third kappa shape index (κ3) is 4.49. The molecule has 2 aromatic carbocycles. The Balaban J connectivity index is 2.29. The molecule has 0 aliphatic carbocycles. The number of rotatable bonds is 5. The van der Waals surface area contributed by atoms with Gasteiger partial charge in [-0.15, -0.1) is 0 Å². The van der Waals surface area contributed by atoms with Gasteiger partial charge in [-0.3, -0.25) is 4.31 Å². The zero-order valence-electron chi connectivity index (χ0n) is 18.2. The molecule has 0 N–H and O–H groups in total. The summed E-state index contributed by atoms with van der Waals surface area (Å²) < 4.78 is 29.2. The topological polar surface area (TPSA) is 37.4 Å². The van der Waals surface area contributed by atoms with Crippen LogP contribution in [0.2, 0.25) is 39.3 Å². The molecule has 1 heterocycles. The molecule has 154 valence electrons. The molecule has 0 saturated carbocycles. The summed E-state index contributed by atoms with van der Waals surface area (Å²) in [6, 6.07) is 18.5. The minimum Gasteiger partial charge on any atom is -0.262 e. The van der Waals surface area contributed by atoms with E-state index in [0.29, 0.717) is 4.90 Å². The second kappa shape index (κ2) is 7.74. The molecule has 3 rings (SSSR count). The van der Waals surface area contributed by atoms with Crippen molar-refractivity contribution in [1.29, 1.82) is 0 Å². The van der Waals surface area contributed by atoms with Crippen molar-refractivity contribution in [2.24, 2.45) is 0 Å². The Kier molecular flexibility index (Phi) is 5.82. The van der Waals surface area contributed by atoms with Crippen molar-refractivity contribution in [2.45, 2.75) is 50.2 Å². The second-order valence-corrected chi connectivity index (χ2v) is 21.6. The summed E-state index contributed by atoms with van der Waals surface area (Å²) in [4.78, 5) is 0.337. The van der Waals surface area contributed by atoms with E-state index in [9.17, 15) is 8.42 Å². The highest BCUT2D eigenvalue weighted by molar-refractivity contribution is 7.89. The molecule has 6 heteroatoms. The van der Waals surface area contributed by atoms with Crippen LogP contribution in [-0.2, 0) is 10.0 Å². The molecule has 29 heavy (non-hydrogen) atoms. The summed E-state index contributed by atoms with van der Waals surface area (Å²) in [5, 5.41) is 2.45. The zero-order valence-corrected chi connectivity index (χ0v) is 21.0. The van der Waals surface area contributed by atoms with Gasteiger partial charge in [0.15, 0.2) is 0 Å². The van der Waals surface area contributed by atoms with Gasteiger partial charge in [0, 0.05) is 6.20 Å². The van der Waals surface area contributed by atoms with Crippen LogP contribution in [0, 0.1) is 0 Å². The van der Waals surface area contributed by atoms with Gasteiger partial charge in [-0.25, -0.2) is 8.42 Å². The molecule has 0 radical (unpaired) electrons. The predicted molar refractivity (Wildman–Crippen MR) is 128 cm³/mol. The molecular formula is C23H31NO2SSi2. The van der Waals surface area contributed by atoms with Crippen LogP contribution in [0.15, 0.2) is 88.2 Å². The summed E-state index contributed by atoms with van der Waals surface area (Å²) in [5.74, 6) is 0. The molecule has 0 amide bonds. The van der Waals surface area contributed by atoms with E-state index < -0.39 is 26.2 Å². The molecule has 3 nitrogen and oxygen atoms in total. The maximum atomic E-state index is 13.8. The van der Waals surface area contributed by atoms with Crippen molar-refractivity contribution in [3.63, 3.8) is 0 Å². The van der Waals surface area contributed by atoms with Crippen molar-refractivity contribution >= 4 is 26.2 Å². The van der Waals surface area contributed by atoms with Crippen LogP contribution in [0.4, 0.5) is 0 Å². The highest BCUT2D eigenvalue weighted by Crippen LogP contribution is 2.43. The summed E-state index contributed by atoms with van der Waals surface area (Å²) in [6.45, 7) is 13.7. The van der Waals surface area contributed by atoms with Gasteiger partial charge < -0.3 is 0 Å². The van der Waals surface area contributed by atoms with Gasteiger partial charge in [0.05, 0.1) is 27.1 Å². The SMILES string of the molecule is C[Si](C)(C)C1=CN(S(=O)(=O)c2ccccc2)C(c2ccccc2)C([Si](C)(C)C)=C1. The first-order valence-corrected chi connectivity index (χ1v) is 18.4. The molecule has 0 aromatic heterocycles. The quantitative estimate of drug-likeness (QED) is 0.534. The third-order valence-electron chi connectivity index (χ3n) is 5.29. The maximum Gasteiger partial charge on any atom is 0.264 e. The smallest absolute Gasteiger partial charge is 0.262 e. The van der Waals surface area contributed by atoms with Crippen molar-refractivity contribution < 1.29 is 8.42 Å². The molecule has 0 fully saturated rings. The predicted octanol–water partition coefficient (Wildman–Crippen LogP) is 6.00. The van der Waals surface area contributed by atoms with Gasteiger partial charge in [-0.05, 0) is 22.9 Å². The summed E-state index contributed by atoms with van der Waals surface area (Å²) in [6.07, 6.45) is 4.24. The lowest BCUT2D eigenvalue weighted by atomic mass is 10.0. The maximum absolute atomic E-state index is 13.8. The van der Waals surface area contributed by atoms with E-state index in [4.69, 9.17) is 0 Å². The van der Waals surface area contributed by atoms with Crippen molar-refractivity contribution in [3.05, 3.63) is 88.9 Å². The van der Waals surface area contributed by atoms with Crippen LogP contribution in [-0.4, -0.2) is 28.9 Å². The Morgan fingerprint density at radius 1 is 0.759 bits per heavy atom. The van der Waals surface area contributed by atoms with Crippen molar-refractivity contribution in [1.82, 2.24) is 4.31 Å². The lowest BCUT2D eigenvalue weighted by Gasteiger charge is -2.41. The highest BCUT2D eigenvalue weighted by Gasteiger charge is 2.41. The summed E-state index contributed by atoms with van der Waals surface area (Å²) in [5.41, 5.74) is 1.02. The van der Waals surface area contributed by atoms with Gasteiger partial charge in [-0.2, -0.15) is 0 Å². The molecule has 0 bridgehead atoms. The summed E-state index contributed by atoms with van der Waals surface area (Å²) in [7, 11) is -7.22. The number of nitrogens with zero attached hydrogens (tertiary/aromatic N) is 1. The first-order chi connectivity index (χ1) is 13.4.